The summed E-state index contributed by atoms with van der Waals surface area (Å²) in [5.41, 5.74) is -4.31. The quantitative estimate of drug-likeness (QED) is 0.00891. The molecule has 44 heteroatoms. The van der Waals surface area contributed by atoms with Gasteiger partial charge in [0.15, 0.2) is 0 Å². The van der Waals surface area contributed by atoms with Crippen LogP contribution in [0.1, 0.15) is 256 Å². The Morgan fingerprint density at radius 1 is 0.430 bits per heavy atom. The number of amides is 15. The predicted octanol–water partition coefficient (Wildman–Crippen LogP) is 8.82. The number of piperidine rings is 3. The summed E-state index contributed by atoms with van der Waals surface area (Å²) in [4.78, 5) is 244. The first-order chi connectivity index (χ1) is 68.9. The number of nitrogens with one attached hydrogen (secondary N) is 12. The smallest absolute Gasteiger partial charge is 0.389 e. The average Bonchev–Trinajstić information content (AvgIpc) is 1.53. The number of hydrogen-bond acceptors (Lipinski definition) is 23. The van der Waals surface area contributed by atoms with E-state index in [-0.39, 0.29) is 117 Å². The fourth-order valence-electron chi connectivity index (χ4n) is 21.3. The van der Waals surface area contributed by atoms with E-state index >= 15 is 0 Å². The van der Waals surface area contributed by atoms with Crippen molar-refractivity contribution < 1.29 is 136 Å². The first-order valence-electron chi connectivity index (χ1n) is 52.3. The molecule has 149 heavy (non-hydrogen) atoms. The first kappa shape index (κ1) is 124. The lowest BCUT2D eigenvalue weighted by Crippen LogP contribution is -2.62. The van der Waals surface area contributed by atoms with E-state index in [0.717, 1.165) is 58.4 Å². The average molecular weight is 2120 g/mol. The van der Waals surface area contributed by atoms with Crippen LogP contribution < -0.4 is 63.8 Å². The van der Waals surface area contributed by atoms with Crippen LogP contribution in [-0.2, 0) is 95.6 Å². The molecule has 15 amide bonds. The third-order valence-electron chi connectivity index (χ3n) is 31.0. The molecular formula is C105H165F6N15O23. The zero-order valence-electron chi connectivity index (χ0n) is 91.3. The maximum atomic E-state index is 14.3. The summed E-state index contributed by atoms with van der Waals surface area (Å²) in [6, 6.07) is -16.6. The molecule has 10 fully saturated rings. The van der Waals surface area contributed by atoms with Gasteiger partial charge in [0, 0.05) is 66.1 Å². The Labute approximate surface area is 871 Å². The number of carbonyl (C=O) groups is 18. The van der Waals surface area contributed by atoms with Crippen molar-refractivity contribution in [1.29, 1.82) is 0 Å². The van der Waals surface area contributed by atoms with Gasteiger partial charge in [0.05, 0.1) is 44.1 Å². The second kappa shape index (κ2) is 49.9. The van der Waals surface area contributed by atoms with Crippen LogP contribution in [-0.4, -0.2) is 291 Å². The Bertz CT molecular complexity index is 4850. The summed E-state index contributed by atoms with van der Waals surface area (Å²) in [7, 11) is 2.85. The summed E-state index contributed by atoms with van der Waals surface area (Å²) < 4.78 is 107. The van der Waals surface area contributed by atoms with Crippen molar-refractivity contribution in [2.45, 2.75) is 359 Å². The van der Waals surface area contributed by atoms with Crippen molar-refractivity contribution in [2.75, 3.05) is 66.7 Å². The van der Waals surface area contributed by atoms with Gasteiger partial charge >= 0.3 is 48.4 Å². The van der Waals surface area contributed by atoms with Gasteiger partial charge in [-0.3, -0.25) is 57.5 Å². The van der Waals surface area contributed by atoms with Gasteiger partial charge in [0.2, 0.25) is 52.8 Å². The zero-order valence-corrected chi connectivity index (χ0v) is 91.3. The van der Waals surface area contributed by atoms with Gasteiger partial charge < -0.3 is 102 Å². The van der Waals surface area contributed by atoms with Crippen LogP contribution >= 0.6 is 0 Å². The van der Waals surface area contributed by atoms with Crippen LogP contribution in [0.3, 0.4) is 0 Å². The molecular weight excluding hydrogens is 1950 g/mol. The molecule has 0 radical (unpaired) electrons. The molecule has 19 atom stereocenters. The van der Waals surface area contributed by atoms with E-state index in [2.05, 4.69) is 77.0 Å². The molecule has 6 saturated carbocycles. The third-order valence-corrected chi connectivity index (χ3v) is 31.0. The maximum absolute atomic E-state index is 14.3. The van der Waals surface area contributed by atoms with Gasteiger partial charge in [0.25, 0.3) is 17.7 Å². The molecule has 0 aromatic heterocycles. The predicted molar refractivity (Wildman–Crippen MR) is 535 cm³/mol. The van der Waals surface area contributed by atoms with Crippen molar-refractivity contribution in [2.24, 2.45) is 103 Å². The van der Waals surface area contributed by atoms with E-state index < -0.39 is 256 Å². The second-order valence-electron chi connectivity index (χ2n) is 48.6. The summed E-state index contributed by atoms with van der Waals surface area (Å²) in [6.07, 6.45) is -2.52. The summed E-state index contributed by atoms with van der Waals surface area (Å²) >= 11 is 0. The van der Waals surface area contributed by atoms with Gasteiger partial charge in [-0.25, -0.2) is 28.8 Å². The normalized spacial score (nSPS) is 25.0. The Balaban J connectivity index is 0.000000272. The molecule has 4 unspecified atom stereocenters. The fraction of sp³-hybridized carbons (Fsp3) is 0.790. The summed E-state index contributed by atoms with van der Waals surface area (Å²) in [5.74, 6) is -12.8. The highest BCUT2D eigenvalue weighted by Gasteiger charge is 2.73. The van der Waals surface area contributed by atoms with Gasteiger partial charge in [-0.1, -0.05) is 178 Å². The minimum atomic E-state index is -4.66. The van der Waals surface area contributed by atoms with Gasteiger partial charge in [-0.05, 0) is 174 Å². The number of fused-ring (bicyclic) bond motifs is 3. The highest BCUT2D eigenvalue weighted by Crippen LogP contribution is 2.67. The Morgan fingerprint density at radius 3 is 1.07 bits per heavy atom. The highest BCUT2D eigenvalue weighted by atomic mass is 19.4. The van der Waals surface area contributed by atoms with E-state index in [4.69, 9.17) is 23.7 Å². The second-order valence-corrected chi connectivity index (χ2v) is 48.6. The number of likely N-dealkylation sites (tertiary alicyclic amines) is 3. The molecule has 38 nitrogen and oxygen atoms in total. The molecule has 4 aliphatic heterocycles. The van der Waals surface area contributed by atoms with E-state index in [0.29, 0.717) is 37.8 Å². The number of Topliss-reactive ketones (excluding diaryl/α,β-unsaturated/α-hetero) is 3. The summed E-state index contributed by atoms with van der Waals surface area (Å²) in [5, 5.41) is 30.5. The molecule has 0 bridgehead atoms. The number of methoxy groups -OCH3 is 1. The van der Waals surface area contributed by atoms with Gasteiger partial charge in [-0.15, -0.1) is 13.2 Å². The lowest BCUT2D eigenvalue weighted by molar-refractivity contribution is -0.155. The first-order valence-corrected chi connectivity index (χ1v) is 52.3. The van der Waals surface area contributed by atoms with Crippen molar-refractivity contribution in [3.05, 3.63) is 25.3 Å². The standard InChI is InChI=1S/C37H61N5O8.C36H54F3N5O7.C32H50F3N5O8/c1-11-13-25(29(43)32(45)38-18-12-2)39-31(44)28-26-24(37(26,8)9)19-42(28)33(46)30(36(5,6)7)41-35(48)40-27(21(3)4)34(47)50-20-22-14-16-23(49-10)17-15-22;1-9-16-40-30(47)26(45)22(14-15-36(37,38)39)41-29(46)25-23-21(35(23,7)8)17-44(25)31(48)28(34(4,5)6)43-33(50)42-24(18(2)3)32(49)51-27(19-10-11-19)20-12-13-20;1-29(2,3)22(38-28(46)39-23(30(4,5)6)27(45)48-16-11-13-47-15-16)26(44)40-14-17-19(31(17,7)8)20(40)24(42)37-18(10-12-32(33,34)35)21(41)25(43)36-9/h12,21-28,30H,2,11,13-20H2,1,3-10H3,(H,38,45)(H,39,44)(H2,40,41,48);9,18-25,27-28H,1,10-17H2,2-8H3,(H,40,47)(H,41,46)(H2,42,43,50);16-20,22-23H,10-15H2,1-9H3,(H,36,43)(H,37,42)(H2,38,39,46)/t22?,23?,24-,25?,26-,27-,28-,30+;21-,22?,23-,24-,25-,28+;16?,17-,18?,19-,20-,22+,23+/m000/s1. The molecule has 4 saturated heterocycles. The third kappa shape index (κ3) is 32.5. The van der Waals surface area contributed by atoms with E-state index in [1.807, 2.05) is 83.1 Å². The maximum Gasteiger partial charge on any atom is 0.389 e. The minimum Gasteiger partial charge on any atom is -0.464 e. The number of nitrogens with zero attached hydrogens (tertiary/aromatic N) is 3. The van der Waals surface area contributed by atoms with Crippen LogP contribution in [0.15, 0.2) is 25.3 Å². The van der Waals surface area contributed by atoms with E-state index in [9.17, 15) is 113 Å². The number of urea groups is 3. The number of likely N-dealkylation sites (N-methyl/N-ethyl adjacent to an activating group) is 1. The zero-order chi connectivity index (χ0) is 112. The molecule has 6 aliphatic carbocycles. The molecule has 0 aromatic rings. The van der Waals surface area contributed by atoms with Gasteiger partial charge in [-0.2, -0.15) is 26.3 Å². The number of carbonyl (C=O) groups excluding carboxylic acids is 18. The fourth-order valence-corrected chi connectivity index (χ4v) is 21.3. The van der Waals surface area contributed by atoms with E-state index in [1.54, 1.807) is 83.3 Å². The van der Waals surface area contributed by atoms with Crippen molar-refractivity contribution in [1.82, 2.24) is 78.5 Å². The number of ketones is 3. The van der Waals surface area contributed by atoms with Crippen molar-refractivity contribution >= 4 is 107 Å². The minimum absolute atomic E-state index is 0.0532. The van der Waals surface area contributed by atoms with Crippen molar-refractivity contribution in [3.8, 4) is 0 Å². The number of rotatable bonds is 43. The Kier molecular flexibility index (Phi) is 41.4. The lowest BCUT2D eigenvalue weighted by Gasteiger charge is -2.38. The molecule has 4 heterocycles. The molecule has 0 spiro atoms. The molecule has 0 aromatic carbocycles. The Morgan fingerprint density at radius 2 is 0.765 bits per heavy atom. The largest absolute Gasteiger partial charge is 0.464 e. The van der Waals surface area contributed by atoms with Crippen LogP contribution in [0, 0.1) is 103 Å². The van der Waals surface area contributed by atoms with Crippen molar-refractivity contribution in [3.63, 3.8) is 0 Å². The lowest BCUT2D eigenvalue weighted by atomic mass is 9.85. The molecule has 10 rings (SSSR count). The van der Waals surface area contributed by atoms with Crippen LogP contribution in [0.4, 0.5) is 40.7 Å². The Hall–Kier alpha value is -10.6. The molecule has 10 aliphatic rings. The SMILES string of the molecule is C=CCNC(=O)C(=O)C(CCC(F)(F)F)NC(=O)[C@@H]1[C@@H]2[C@H](CN1C(=O)[C@@H](NC(=O)N[C@H](C(=O)OC(C1CC1)C1CC1)C(C)C)C(C)(C)C)C2(C)C.C=CCNC(=O)C(=O)C(CCC)NC(=O)[C@@H]1[C@@H]2[C@H](CN1C(=O)[C@@H](NC(=O)N[C@H](C(=O)OCC1CCC(OC)CC1)C(C)C)C(C)(C)C)C2(C)C.CNC(=O)C(=O)C(CCC(F)(F)F)NC(=O)[C@@H]1[C@@H]2[C@H](CN1C(=O)[C@@H](NC(=O)N[C@H](C(=O)OC1CCOC1)C(C)(C)C)C(C)(C)C)C2(C)C. The highest BCUT2D eigenvalue weighted by molar-refractivity contribution is 6.39. The van der Waals surface area contributed by atoms with Crippen LogP contribution in [0.25, 0.3) is 0 Å². The number of alkyl halides is 6. The van der Waals surface area contributed by atoms with Gasteiger partial charge in [0.1, 0.15) is 66.6 Å². The molecule has 12 N–H and O–H groups in total. The number of halogens is 6. The number of hydrogen-bond donors (Lipinski definition) is 12. The number of esters is 3. The number of ether oxygens (including phenoxy) is 5. The monoisotopic (exact) mass is 2120 g/mol. The van der Waals surface area contributed by atoms with E-state index in [1.165, 1.54) is 26.9 Å². The molecule has 840 valence electrons. The van der Waals surface area contributed by atoms with Crippen LogP contribution in [0.5, 0.6) is 0 Å². The summed E-state index contributed by atoms with van der Waals surface area (Å²) in [6.45, 7) is 50.2. The van der Waals surface area contributed by atoms with Crippen LogP contribution in [0.2, 0.25) is 0 Å². The topological polar surface area (TPSA) is 507 Å².